The molecule has 1 fully saturated rings. The zero-order chi connectivity index (χ0) is 21.5. The maximum atomic E-state index is 12.9. The number of carbonyl (C=O) groups is 2. The van der Waals surface area contributed by atoms with Crippen LogP contribution >= 0.6 is 0 Å². The molecule has 3 aliphatic rings. The number of carbonyl (C=O) groups excluding carboxylic acids is 2. The lowest BCUT2D eigenvalue weighted by atomic mass is 10.1. The van der Waals surface area contributed by atoms with Crippen LogP contribution in [0.15, 0.2) is 24.3 Å². The van der Waals surface area contributed by atoms with E-state index in [1.807, 2.05) is 34.1 Å². The number of anilines is 1. The number of hydrogen-bond acceptors (Lipinski definition) is 4. The van der Waals surface area contributed by atoms with Crippen LogP contribution in [-0.2, 0) is 17.8 Å². The van der Waals surface area contributed by atoms with Crippen molar-refractivity contribution in [3.8, 4) is 5.75 Å². The normalized spacial score (nSPS) is 19.9. The monoisotopic (exact) mass is 421 g/mol. The number of nitrogens with one attached hydrogen (secondary N) is 2. The van der Waals surface area contributed by atoms with Crippen molar-refractivity contribution in [2.24, 2.45) is 0 Å². The van der Waals surface area contributed by atoms with Gasteiger partial charge in [0.05, 0.1) is 12.7 Å². The van der Waals surface area contributed by atoms with Crippen molar-refractivity contribution < 1.29 is 14.3 Å². The molecule has 0 radical (unpaired) electrons. The number of benzene rings is 1. The number of nitrogens with zero attached hydrogens (tertiary/aromatic N) is 3. The third-order valence-corrected chi connectivity index (χ3v) is 6.36. The lowest BCUT2D eigenvalue weighted by Crippen LogP contribution is -2.52. The first kappa shape index (κ1) is 19.7. The highest BCUT2D eigenvalue weighted by atomic mass is 16.5. The Bertz CT molecular complexity index is 1070. The number of H-pyrrole nitrogens is 1. The number of aromatic nitrogens is 1. The predicted molar refractivity (Wildman–Crippen MR) is 119 cm³/mol. The van der Waals surface area contributed by atoms with Gasteiger partial charge in [-0.3, -0.25) is 4.79 Å². The van der Waals surface area contributed by atoms with Crippen LogP contribution in [-0.4, -0.2) is 78.5 Å². The van der Waals surface area contributed by atoms with Gasteiger partial charge in [0.1, 0.15) is 5.75 Å². The second-order valence-electron chi connectivity index (χ2n) is 8.40. The van der Waals surface area contributed by atoms with Crippen molar-refractivity contribution in [2.45, 2.75) is 13.0 Å². The van der Waals surface area contributed by atoms with Gasteiger partial charge in [0.2, 0.25) is 0 Å². The lowest BCUT2D eigenvalue weighted by Gasteiger charge is -2.37. The molecule has 0 unspecified atom stereocenters. The van der Waals surface area contributed by atoms with Gasteiger partial charge in [0.15, 0.2) is 0 Å². The van der Waals surface area contributed by atoms with Crippen molar-refractivity contribution in [2.75, 3.05) is 52.2 Å². The van der Waals surface area contributed by atoms with Crippen molar-refractivity contribution in [1.29, 1.82) is 0 Å². The van der Waals surface area contributed by atoms with Crippen molar-refractivity contribution in [3.05, 3.63) is 46.8 Å². The number of urea groups is 1. The molecule has 1 aromatic carbocycles. The first-order valence-corrected chi connectivity index (χ1v) is 10.7. The minimum atomic E-state index is -0.123. The highest BCUT2D eigenvalue weighted by Crippen LogP contribution is 2.36. The van der Waals surface area contributed by atoms with Gasteiger partial charge in [-0.25, -0.2) is 4.79 Å². The Balaban J connectivity index is 1.35. The van der Waals surface area contributed by atoms with Crippen LogP contribution in [0.2, 0.25) is 0 Å². The summed E-state index contributed by atoms with van der Waals surface area (Å²) in [7, 11) is 3.70. The highest BCUT2D eigenvalue weighted by molar-refractivity contribution is 6.34. The molecular weight excluding hydrogens is 394 g/mol. The third-order valence-electron chi connectivity index (χ3n) is 6.36. The smallest absolute Gasteiger partial charge is 0.320 e. The standard InChI is InChI=1S/C23H27N5O3/c1-26-7-9-27(10-8-26)23(30)28-6-5-20-15(14-28)11-16(24-20)12-19-18-13-17(31-2)3-4-21(18)25-22(19)29/h3-4,11-13,24H,5-10,14H2,1-2H3,(H,25,29)/b19-12-. The lowest BCUT2D eigenvalue weighted by molar-refractivity contribution is -0.110. The summed E-state index contributed by atoms with van der Waals surface area (Å²) >= 11 is 0. The molecule has 4 heterocycles. The fourth-order valence-electron chi connectivity index (χ4n) is 4.49. The maximum Gasteiger partial charge on any atom is 0.320 e. The van der Waals surface area contributed by atoms with E-state index in [9.17, 15) is 9.59 Å². The van der Waals surface area contributed by atoms with Crippen LogP contribution < -0.4 is 10.1 Å². The van der Waals surface area contributed by atoms with Gasteiger partial charge in [-0.15, -0.1) is 0 Å². The number of fused-ring (bicyclic) bond motifs is 2. The van der Waals surface area contributed by atoms with Crippen LogP contribution in [0.4, 0.5) is 10.5 Å². The largest absolute Gasteiger partial charge is 0.497 e. The molecule has 1 saturated heterocycles. The molecule has 162 valence electrons. The van der Waals surface area contributed by atoms with Gasteiger partial charge in [0.25, 0.3) is 5.91 Å². The number of methoxy groups -OCH3 is 1. The fraction of sp³-hybridized carbons (Fsp3) is 0.391. The quantitative estimate of drug-likeness (QED) is 0.729. The molecule has 5 rings (SSSR count). The first-order chi connectivity index (χ1) is 15.0. The molecule has 2 aromatic rings. The van der Waals surface area contributed by atoms with E-state index in [0.29, 0.717) is 24.4 Å². The number of amides is 3. The van der Waals surface area contributed by atoms with E-state index in [1.165, 1.54) is 0 Å². The number of likely N-dealkylation sites (N-methyl/N-ethyl adjacent to an activating group) is 1. The van der Waals surface area contributed by atoms with Gasteiger partial charge in [-0.1, -0.05) is 0 Å². The minimum Gasteiger partial charge on any atom is -0.497 e. The Kier molecular flexibility index (Phi) is 4.94. The molecule has 0 bridgehead atoms. The third kappa shape index (κ3) is 3.67. The Morgan fingerprint density at radius 1 is 1.10 bits per heavy atom. The zero-order valence-electron chi connectivity index (χ0n) is 17.9. The first-order valence-electron chi connectivity index (χ1n) is 10.7. The predicted octanol–water partition coefficient (Wildman–Crippen LogP) is 2.24. The van der Waals surface area contributed by atoms with E-state index in [1.54, 1.807) is 7.11 Å². The number of rotatable bonds is 2. The fourth-order valence-corrected chi connectivity index (χ4v) is 4.49. The van der Waals surface area contributed by atoms with E-state index in [-0.39, 0.29) is 11.9 Å². The van der Waals surface area contributed by atoms with Crippen LogP contribution in [0, 0.1) is 0 Å². The molecule has 0 aliphatic carbocycles. The summed E-state index contributed by atoms with van der Waals surface area (Å²) < 4.78 is 5.31. The molecule has 0 atom stereocenters. The van der Waals surface area contributed by atoms with E-state index in [4.69, 9.17) is 4.74 Å². The summed E-state index contributed by atoms with van der Waals surface area (Å²) in [6.45, 7) is 4.69. The van der Waals surface area contributed by atoms with Crippen molar-refractivity contribution in [1.82, 2.24) is 19.7 Å². The molecular formula is C23H27N5O3. The second kappa shape index (κ2) is 7.77. The number of hydrogen-bond donors (Lipinski definition) is 2. The zero-order valence-corrected chi connectivity index (χ0v) is 17.9. The van der Waals surface area contributed by atoms with E-state index in [0.717, 1.165) is 60.8 Å². The van der Waals surface area contributed by atoms with Crippen LogP contribution in [0.25, 0.3) is 11.6 Å². The number of ether oxygens (including phenoxy) is 1. The average Bonchev–Trinajstić information content (AvgIpc) is 3.33. The van der Waals surface area contributed by atoms with E-state index in [2.05, 4.69) is 28.3 Å². The topological polar surface area (TPSA) is 80.9 Å². The van der Waals surface area contributed by atoms with Gasteiger partial charge in [-0.2, -0.15) is 0 Å². The summed E-state index contributed by atoms with van der Waals surface area (Å²) in [6.07, 6.45) is 2.67. The second-order valence-corrected chi connectivity index (χ2v) is 8.40. The molecule has 2 N–H and O–H groups in total. The van der Waals surface area contributed by atoms with Gasteiger partial charge in [-0.05, 0) is 43.0 Å². The molecule has 0 saturated carbocycles. The summed E-state index contributed by atoms with van der Waals surface area (Å²) in [5, 5.41) is 2.90. The number of aromatic amines is 1. The highest BCUT2D eigenvalue weighted by Gasteiger charge is 2.29. The summed E-state index contributed by atoms with van der Waals surface area (Å²) in [5.74, 6) is 0.590. The van der Waals surface area contributed by atoms with Gasteiger partial charge < -0.3 is 29.7 Å². The van der Waals surface area contributed by atoms with Crippen molar-refractivity contribution in [3.63, 3.8) is 0 Å². The molecule has 1 aromatic heterocycles. The Labute approximate surface area is 181 Å². The SMILES string of the molecule is COc1ccc2c(c1)/C(=C/c1cc3c([nH]1)CCN(C(=O)N1CCN(C)CC1)C3)C(=O)N2. The van der Waals surface area contributed by atoms with Crippen LogP contribution in [0.3, 0.4) is 0 Å². The average molecular weight is 422 g/mol. The molecule has 8 nitrogen and oxygen atoms in total. The molecule has 8 heteroatoms. The van der Waals surface area contributed by atoms with Crippen LogP contribution in [0.1, 0.15) is 22.5 Å². The van der Waals surface area contributed by atoms with Crippen molar-refractivity contribution >= 4 is 29.3 Å². The Morgan fingerprint density at radius 2 is 1.90 bits per heavy atom. The van der Waals surface area contributed by atoms with Crippen LogP contribution in [0.5, 0.6) is 5.75 Å². The summed E-state index contributed by atoms with van der Waals surface area (Å²) in [6, 6.07) is 7.74. The Morgan fingerprint density at radius 3 is 2.68 bits per heavy atom. The minimum absolute atomic E-state index is 0.121. The van der Waals surface area contributed by atoms with Gasteiger partial charge >= 0.3 is 6.03 Å². The maximum absolute atomic E-state index is 12.9. The Hall–Kier alpha value is -3.26. The molecule has 31 heavy (non-hydrogen) atoms. The molecule has 3 amide bonds. The van der Waals surface area contributed by atoms with Gasteiger partial charge in [0, 0.05) is 68.3 Å². The van der Waals surface area contributed by atoms with E-state index >= 15 is 0 Å². The summed E-state index contributed by atoms with van der Waals surface area (Å²) in [5.41, 5.74) is 5.36. The number of piperazine rings is 1. The summed E-state index contributed by atoms with van der Waals surface area (Å²) in [4.78, 5) is 35.0. The molecule has 3 aliphatic heterocycles. The van der Waals surface area contributed by atoms with E-state index < -0.39 is 0 Å². The molecule has 0 spiro atoms.